The molecule has 0 saturated heterocycles. The summed E-state index contributed by atoms with van der Waals surface area (Å²) < 4.78 is 1.93. The number of benzene rings is 2. The molecule has 0 N–H and O–H groups in total. The Morgan fingerprint density at radius 2 is 1.67 bits per heavy atom. The summed E-state index contributed by atoms with van der Waals surface area (Å²) in [5, 5.41) is 2.24. The molecule has 74 valence electrons. The first kappa shape index (κ1) is 9.55. The standard InChI is InChI=1S/C12H6Br2O/c13-8-3-1-6-2-4-9(14)12-10(15)5-7(8)11(6)12/h1-4H,5H2. The maximum atomic E-state index is 11.9. The summed E-state index contributed by atoms with van der Waals surface area (Å²) in [7, 11) is 0. The van der Waals surface area contributed by atoms with Gasteiger partial charge in [0.05, 0.1) is 0 Å². The Morgan fingerprint density at radius 3 is 2.40 bits per heavy atom. The summed E-state index contributed by atoms with van der Waals surface area (Å²) in [5.41, 5.74) is 1.96. The Bertz CT molecular complexity index is 597. The average Bonchev–Trinajstić information content (AvgIpc) is 2.56. The molecule has 0 atom stereocenters. The number of hydrogen-bond donors (Lipinski definition) is 0. The molecule has 0 fully saturated rings. The lowest BCUT2D eigenvalue weighted by Crippen LogP contribution is -1.95. The molecule has 0 bridgehead atoms. The molecule has 0 saturated carbocycles. The summed E-state index contributed by atoms with van der Waals surface area (Å²) in [5.74, 6) is 0.203. The van der Waals surface area contributed by atoms with E-state index < -0.39 is 0 Å². The molecule has 0 radical (unpaired) electrons. The van der Waals surface area contributed by atoms with Crippen molar-refractivity contribution in [1.82, 2.24) is 0 Å². The zero-order chi connectivity index (χ0) is 10.6. The third kappa shape index (κ3) is 1.23. The Balaban J connectivity index is 2.59. The Labute approximate surface area is 104 Å². The molecule has 0 heterocycles. The van der Waals surface area contributed by atoms with Crippen molar-refractivity contribution < 1.29 is 4.79 Å². The minimum atomic E-state index is 0.203. The van der Waals surface area contributed by atoms with Crippen LogP contribution >= 0.6 is 31.9 Å². The van der Waals surface area contributed by atoms with Crippen molar-refractivity contribution in [3.05, 3.63) is 44.3 Å². The van der Waals surface area contributed by atoms with Crippen molar-refractivity contribution >= 4 is 48.4 Å². The number of Topliss-reactive ketones (excluding diaryl/α,β-unsaturated/α-hetero) is 1. The number of halogens is 2. The SMILES string of the molecule is O=C1Cc2c(Br)ccc3ccc(Br)c1c23. The van der Waals surface area contributed by atoms with E-state index in [9.17, 15) is 4.79 Å². The zero-order valence-corrected chi connectivity index (χ0v) is 10.9. The van der Waals surface area contributed by atoms with Crippen LogP contribution in [0, 0.1) is 0 Å². The van der Waals surface area contributed by atoms with Crippen molar-refractivity contribution in [1.29, 1.82) is 0 Å². The second-order valence-corrected chi connectivity index (χ2v) is 5.36. The van der Waals surface area contributed by atoms with Gasteiger partial charge in [0.2, 0.25) is 0 Å². The first-order valence-corrected chi connectivity index (χ1v) is 6.20. The van der Waals surface area contributed by atoms with Crippen LogP contribution in [0.25, 0.3) is 10.8 Å². The predicted octanol–water partition coefficient (Wildman–Crippen LogP) is 4.10. The van der Waals surface area contributed by atoms with Crippen LogP contribution in [0.1, 0.15) is 15.9 Å². The van der Waals surface area contributed by atoms with E-state index in [1.165, 1.54) is 0 Å². The van der Waals surface area contributed by atoms with Crippen molar-refractivity contribution in [3.8, 4) is 0 Å². The van der Waals surface area contributed by atoms with Gasteiger partial charge in [-0.05, 0) is 28.5 Å². The third-order valence-electron chi connectivity index (χ3n) is 2.80. The normalized spacial score (nSPS) is 13.9. The number of hydrogen-bond acceptors (Lipinski definition) is 1. The summed E-state index contributed by atoms with van der Waals surface area (Å²) in [6, 6.07) is 8.03. The van der Waals surface area contributed by atoms with E-state index in [2.05, 4.69) is 31.9 Å². The number of rotatable bonds is 0. The molecule has 0 amide bonds. The minimum Gasteiger partial charge on any atom is -0.294 e. The highest BCUT2D eigenvalue weighted by Gasteiger charge is 2.25. The van der Waals surface area contributed by atoms with Crippen molar-refractivity contribution in [2.24, 2.45) is 0 Å². The second-order valence-electron chi connectivity index (χ2n) is 3.65. The highest BCUT2D eigenvalue weighted by molar-refractivity contribution is 9.10. The van der Waals surface area contributed by atoms with E-state index >= 15 is 0 Å². The van der Waals surface area contributed by atoms with Gasteiger partial charge in [0.15, 0.2) is 5.78 Å². The van der Waals surface area contributed by atoms with Crippen molar-refractivity contribution in [2.45, 2.75) is 6.42 Å². The van der Waals surface area contributed by atoms with Crippen LogP contribution in [0.15, 0.2) is 33.2 Å². The lowest BCUT2D eigenvalue weighted by atomic mass is 10.1. The molecule has 0 unspecified atom stereocenters. The molecule has 3 rings (SSSR count). The minimum absolute atomic E-state index is 0.203. The number of ketones is 1. The van der Waals surface area contributed by atoms with Gasteiger partial charge < -0.3 is 0 Å². The lowest BCUT2D eigenvalue weighted by molar-refractivity contribution is 0.0999. The summed E-state index contributed by atoms with van der Waals surface area (Å²) in [4.78, 5) is 11.9. The van der Waals surface area contributed by atoms with Crippen LogP contribution in [0.5, 0.6) is 0 Å². The van der Waals surface area contributed by atoms with Crippen LogP contribution in [-0.4, -0.2) is 5.78 Å². The molecule has 0 aliphatic heterocycles. The number of carbonyl (C=O) groups is 1. The van der Waals surface area contributed by atoms with Crippen LogP contribution < -0.4 is 0 Å². The van der Waals surface area contributed by atoms with E-state index in [1.807, 2.05) is 24.3 Å². The molecule has 1 aliphatic carbocycles. The summed E-state index contributed by atoms with van der Waals surface area (Å²) >= 11 is 6.94. The van der Waals surface area contributed by atoms with Gasteiger partial charge in [-0.3, -0.25) is 4.79 Å². The smallest absolute Gasteiger partial charge is 0.169 e. The third-order valence-corrected chi connectivity index (χ3v) is 4.21. The summed E-state index contributed by atoms with van der Waals surface area (Å²) in [6.07, 6.45) is 0.510. The molecule has 2 aromatic carbocycles. The maximum absolute atomic E-state index is 11.9. The second kappa shape index (κ2) is 3.16. The molecule has 3 heteroatoms. The van der Waals surface area contributed by atoms with Crippen molar-refractivity contribution in [3.63, 3.8) is 0 Å². The van der Waals surface area contributed by atoms with E-state index in [0.29, 0.717) is 6.42 Å². The van der Waals surface area contributed by atoms with E-state index in [1.54, 1.807) is 0 Å². The number of carbonyl (C=O) groups excluding carboxylic acids is 1. The van der Waals surface area contributed by atoms with Crippen LogP contribution in [0.3, 0.4) is 0 Å². The Morgan fingerprint density at radius 1 is 1.00 bits per heavy atom. The van der Waals surface area contributed by atoms with Gasteiger partial charge in [-0.15, -0.1) is 0 Å². The lowest BCUT2D eigenvalue weighted by Gasteiger charge is -2.03. The molecular weight excluding hydrogens is 320 g/mol. The fourth-order valence-corrected chi connectivity index (χ4v) is 3.16. The van der Waals surface area contributed by atoms with E-state index in [-0.39, 0.29) is 5.78 Å². The summed E-state index contributed by atoms with van der Waals surface area (Å²) in [6.45, 7) is 0. The van der Waals surface area contributed by atoms with E-state index in [4.69, 9.17) is 0 Å². The molecule has 1 nitrogen and oxygen atoms in total. The van der Waals surface area contributed by atoms with Crippen molar-refractivity contribution in [2.75, 3.05) is 0 Å². The van der Waals surface area contributed by atoms with Gasteiger partial charge in [0.25, 0.3) is 0 Å². The average molecular weight is 326 g/mol. The quantitative estimate of drug-likeness (QED) is 0.712. The Kier molecular flexibility index (Phi) is 2.01. The van der Waals surface area contributed by atoms with Gasteiger partial charge in [0.1, 0.15) is 0 Å². The highest BCUT2D eigenvalue weighted by Crippen LogP contribution is 2.38. The maximum Gasteiger partial charge on any atom is 0.169 e. The largest absolute Gasteiger partial charge is 0.294 e. The first-order chi connectivity index (χ1) is 7.18. The monoisotopic (exact) mass is 324 g/mol. The molecular formula is C12H6Br2O. The zero-order valence-electron chi connectivity index (χ0n) is 7.68. The van der Waals surface area contributed by atoms with Crippen LogP contribution in [-0.2, 0) is 6.42 Å². The van der Waals surface area contributed by atoms with Gasteiger partial charge in [-0.1, -0.05) is 44.0 Å². The molecule has 15 heavy (non-hydrogen) atoms. The molecule has 2 aromatic rings. The predicted molar refractivity (Wildman–Crippen MR) is 67.4 cm³/mol. The van der Waals surface area contributed by atoms with Gasteiger partial charge in [-0.25, -0.2) is 0 Å². The Hall–Kier alpha value is -0.670. The molecule has 0 spiro atoms. The highest BCUT2D eigenvalue weighted by atomic mass is 79.9. The van der Waals surface area contributed by atoms with Gasteiger partial charge in [0, 0.05) is 20.9 Å². The van der Waals surface area contributed by atoms with Gasteiger partial charge >= 0.3 is 0 Å². The fourth-order valence-electron chi connectivity index (χ4n) is 2.13. The topological polar surface area (TPSA) is 17.1 Å². The first-order valence-electron chi connectivity index (χ1n) is 4.61. The van der Waals surface area contributed by atoms with Crippen LogP contribution in [0.4, 0.5) is 0 Å². The molecule has 1 aliphatic rings. The van der Waals surface area contributed by atoms with E-state index in [0.717, 1.165) is 30.8 Å². The fraction of sp³-hybridized carbons (Fsp3) is 0.0833. The van der Waals surface area contributed by atoms with Crippen LogP contribution in [0.2, 0.25) is 0 Å². The van der Waals surface area contributed by atoms with Gasteiger partial charge in [-0.2, -0.15) is 0 Å². The molecule has 0 aromatic heterocycles.